The van der Waals surface area contributed by atoms with Crippen LogP contribution in [0.1, 0.15) is 4.88 Å². The van der Waals surface area contributed by atoms with Crippen molar-refractivity contribution in [3.8, 4) is 0 Å². The fourth-order valence-electron chi connectivity index (χ4n) is 1.37. The molecule has 1 N–H and O–H groups in total. The lowest BCUT2D eigenvalue weighted by atomic mass is 10.4. The number of rotatable bonds is 6. The minimum absolute atomic E-state index is 0.853. The molecule has 2 heterocycles. The monoisotopic (exact) mass is 287 g/mol. The molecule has 0 unspecified atom stereocenters. The highest BCUT2D eigenvalue weighted by Crippen LogP contribution is 2.21. The van der Waals surface area contributed by atoms with Crippen LogP contribution in [0.5, 0.6) is 0 Å². The van der Waals surface area contributed by atoms with Gasteiger partial charge in [-0.05, 0) is 12.1 Å². The molecule has 0 aliphatic carbocycles. The fourth-order valence-corrected chi connectivity index (χ4v) is 3.26. The quantitative estimate of drug-likeness (QED) is 0.654. The van der Waals surface area contributed by atoms with Crippen LogP contribution in [0.15, 0.2) is 29.4 Å². The van der Waals surface area contributed by atoms with Crippen molar-refractivity contribution >= 4 is 34.7 Å². The van der Waals surface area contributed by atoms with Crippen molar-refractivity contribution in [1.82, 2.24) is 15.1 Å². The van der Waals surface area contributed by atoms with Crippen molar-refractivity contribution < 1.29 is 0 Å². The van der Waals surface area contributed by atoms with Crippen molar-refractivity contribution in [3.63, 3.8) is 0 Å². The third kappa shape index (κ3) is 4.35. The normalized spacial score (nSPS) is 10.9. The molecule has 6 heteroatoms. The van der Waals surface area contributed by atoms with E-state index >= 15 is 0 Å². The zero-order chi connectivity index (χ0) is 12.1. The minimum Gasteiger partial charge on any atom is -0.311 e. The summed E-state index contributed by atoms with van der Waals surface area (Å²) in [7, 11) is 1.93. The van der Waals surface area contributed by atoms with E-state index in [0.717, 1.165) is 23.2 Å². The van der Waals surface area contributed by atoms with Crippen LogP contribution >= 0.6 is 34.7 Å². The molecule has 2 aromatic rings. The number of hydrogen-bond acceptors (Lipinski definition) is 4. The van der Waals surface area contributed by atoms with Gasteiger partial charge in [-0.15, -0.1) is 23.1 Å². The number of nitrogens with zero attached hydrogens (tertiary/aromatic N) is 2. The second kappa shape index (κ2) is 6.44. The molecule has 92 valence electrons. The molecule has 0 amide bonds. The Bertz CT molecular complexity index is 424. The van der Waals surface area contributed by atoms with Crippen LogP contribution in [0.3, 0.4) is 0 Å². The smallest absolute Gasteiger partial charge is 0.0931 e. The van der Waals surface area contributed by atoms with Gasteiger partial charge in [0.2, 0.25) is 0 Å². The van der Waals surface area contributed by atoms with Gasteiger partial charge in [-0.2, -0.15) is 5.10 Å². The second-order valence-corrected chi connectivity index (χ2v) is 6.55. The maximum Gasteiger partial charge on any atom is 0.0931 e. The summed E-state index contributed by atoms with van der Waals surface area (Å²) < 4.78 is 2.68. The van der Waals surface area contributed by atoms with Crippen LogP contribution in [-0.4, -0.2) is 22.1 Å². The first-order chi connectivity index (χ1) is 8.24. The molecule has 0 radical (unpaired) electrons. The first kappa shape index (κ1) is 13.0. The van der Waals surface area contributed by atoms with Gasteiger partial charge in [0.1, 0.15) is 0 Å². The Morgan fingerprint density at radius 3 is 3.06 bits per heavy atom. The molecule has 2 rings (SSSR count). The Morgan fingerprint density at radius 2 is 2.41 bits per heavy atom. The van der Waals surface area contributed by atoms with Crippen LogP contribution < -0.4 is 5.32 Å². The van der Waals surface area contributed by atoms with Gasteiger partial charge in [-0.1, -0.05) is 11.6 Å². The molecule has 2 aromatic heterocycles. The molecule has 0 bridgehead atoms. The van der Waals surface area contributed by atoms with E-state index in [0.29, 0.717) is 0 Å². The van der Waals surface area contributed by atoms with E-state index < -0.39 is 0 Å². The Balaban J connectivity index is 1.60. The van der Waals surface area contributed by atoms with Gasteiger partial charge >= 0.3 is 0 Å². The number of thiophene rings is 1. The van der Waals surface area contributed by atoms with Crippen LogP contribution in [0.4, 0.5) is 0 Å². The number of aromatic nitrogens is 2. The topological polar surface area (TPSA) is 29.9 Å². The van der Waals surface area contributed by atoms with Crippen LogP contribution in [-0.2, 0) is 13.6 Å². The summed E-state index contributed by atoms with van der Waals surface area (Å²) in [6, 6.07) is 4.00. The van der Waals surface area contributed by atoms with Crippen LogP contribution in [0.2, 0.25) is 4.34 Å². The minimum atomic E-state index is 0.853. The average Bonchev–Trinajstić information content (AvgIpc) is 2.88. The van der Waals surface area contributed by atoms with Crippen molar-refractivity contribution in [1.29, 1.82) is 0 Å². The number of halogens is 1. The Hall–Kier alpha value is -0.490. The van der Waals surface area contributed by atoms with Gasteiger partial charge in [0.15, 0.2) is 0 Å². The number of aryl methyl sites for hydroxylation is 1. The zero-order valence-electron chi connectivity index (χ0n) is 9.52. The van der Waals surface area contributed by atoms with E-state index in [1.54, 1.807) is 11.3 Å². The number of hydrogen-bond donors (Lipinski definition) is 1. The van der Waals surface area contributed by atoms with Crippen molar-refractivity contribution in [2.45, 2.75) is 11.4 Å². The molecule has 0 atom stereocenters. The summed E-state index contributed by atoms with van der Waals surface area (Å²) in [5.74, 6) is 1.05. The second-order valence-electron chi connectivity index (χ2n) is 3.58. The predicted octanol–water partition coefficient (Wildman–Crippen LogP) is 3.02. The maximum atomic E-state index is 5.86. The molecule has 0 aliphatic heterocycles. The third-order valence-corrected chi connectivity index (χ3v) is 4.34. The maximum absolute atomic E-state index is 5.86. The standard InChI is InChI=1S/C11H14ClN3S2/c1-15-8-10(7-14-15)16-5-4-13-6-9-2-3-11(12)17-9/h2-3,7-8,13H,4-6H2,1H3. The van der Waals surface area contributed by atoms with Crippen molar-refractivity contribution in [2.75, 3.05) is 12.3 Å². The fraction of sp³-hybridized carbons (Fsp3) is 0.364. The van der Waals surface area contributed by atoms with Gasteiger partial charge in [0.05, 0.1) is 10.5 Å². The molecular weight excluding hydrogens is 274 g/mol. The van der Waals surface area contributed by atoms with Gasteiger partial charge in [-0.3, -0.25) is 4.68 Å². The predicted molar refractivity (Wildman–Crippen MR) is 75.0 cm³/mol. The summed E-state index contributed by atoms with van der Waals surface area (Å²) in [5, 5.41) is 7.52. The SMILES string of the molecule is Cn1cc(SCCNCc2ccc(Cl)s2)cn1. The van der Waals surface area contributed by atoms with E-state index in [1.807, 2.05) is 42.0 Å². The summed E-state index contributed by atoms with van der Waals surface area (Å²) in [5.41, 5.74) is 0. The largest absolute Gasteiger partial charge is 0.311 e. The molecule has 0 aromatic carbocycles. The van der Waals surface area contributed by atoms with Crippen molar-refractivity contribution in [3.05, 3.63) is 33.7 Å². The third-order valence-electron chi connectivity index (χ3n) is 2.16. The van der Waals surface area contributed by atoms with Gasteiger partial charge in [-0.25, -0.2) is 0 Å². The Kier molecular flexibility index (Phi) is 4.91. The van der Waals surface area contributed by atoms with E-state index in [4.69, 9.17) is 11.6 Å². The summed E-state index contributed by atoms with van der Waals surface area (Å²) in [6.45, 7) is 1.88. The molecule has 0 aliphatic rings. The van der Waals surface area contributed by atoms with Gasteiger partial charge in [0.25, 0.3) is 0 Å². The molecule has 0 fully saturated rings. The number of nitrogens with one attached hydrogen (secondary N) is 1. The van der Waals surface area contributed by atoms with Gasteiger partial charge in [0, 0.05) is 41.9 Å². The van der Waals surface area contributed by atoms with E-state index in [1.165, 1.54) is 9.77 Å². The Morgan fingerprint density at radius 1 is 1.53 bits per heavy atom. The lowest BCUT2D eigenvalue weighted by molar-refractivity contribution is 0.741. The molecule has 0 spiro atoms. The molecule has 0 saturated carbocycles. The summed E-state index contributed by atoms with van der Waals surface area (Å²) in [4.78, 5) is 2.50. The highest BCUT2D eigenvalue weighted by atomic mass is 35.5. The summed E-state index contributed by atoms with van der Waals surface area (Å²) in [6.07, 6.45) is 3.92. The zero-order valence-corrected chi connectivity index (χ0v) is 11.9. The van der Waals surface area contributed by atoms with Gasteiger partial charge < -0.3 is 5.32 Å². The van der Waals surface area contributed by atoms with E-state index in [2.05, 4.69) is 16.5 Å². The van der Waals surface area contributed by atoms with Crippen LogP contribution in [0.25, 0.3) is 0 Å². The van der Waals surface area contributed by atoms with Crippen molar-refractivity contribution in [2.24, 2.45) is 7.05 Å². The lowest BCUT2D eigenvalue weighted by Crippen LogP contribution is -2.15. The molecular formula is C11H14ClN3S2. The Labute approximate surface area is 114 Å². The first-order valence-corrected chi connectivity index (χ1v) is 7.48. The molecule has 0 saturated heterocycles. The summed E-state index contributed by atoms with van der Waals surface area (Å²) >= 11 is 9.30. The van der Waals surface area contributed by atoms with E-state index in [9.17, 15) is 0 Å². The lowest BCUT2D eigenvalue weighted by Gasteiger charge is -2.01. The van der Waals surface area contributed by atoms with Crippen LogP contribution in [0, 0.1) is 0 Å². The van der Waals surface area contributed by atoms with E-state index in [-0.39, 0.29) is 0 Å². The molecule has 17 heavy (non-hydrogen) atoms. The number of thioether (sulfide) groups is 1. The average molecular weight is 288 g/mol. The highest BCUT2D eigenvalue weighted by molar-refractivity contribution is 7.99. The highest BCUT2D eigenvalue weighted by Gasteiger charge is 1.98. The first-order valence-electron chi connectivity index (χ1n) is 5.30. The molecule has 3 nitrogen and oxygen atoms in total.